The lowest BCUT2D eigenvalue weighted by Gasteiger charge is -2.44. The number of nitrogens with zero attached hydrogens (tertiary/aromatic N) is 13. The van der Waals surface area contributed by atoms with Crippen LogP contribution in [0.15, 0.2) is 182 Å². The normalized spacial score (nSPS) is 14.6. The van der Waals surface area contributed by atoms with Crippen LogP contribution in [0.2, 0.25) is 0 Å². The Bertz CT molecular complexity index is 3310. The van der Waals surface area contributed by atoms with Crippen molar-refractivity contribution in [1.29, 1.82) is 0 Å². The summed E-state index contributed by atoms with van der Waals surface area (Å²) in [5.74, 6) is 1.00. The Morgan fingerprint density at radius 1 is 0.319 bits per heavy atom. The van der Waals surface area contributed by atoms with Gasteiger partial charge in [0, 0.05) is 36.3 Å². The number of hydroxylamine groups is 6. The molecule has 0 aliphatic rings. The van der Waals surface area contributed by atoms with Gasteiger partial charge in [0.05, 0.1) is 73.4 Å². The van der Waals surface area contributed by atoms with Crippen molar-refractivity contribution in [1.82, 2.24) is 65.1 Å². The van der Waals surface area contributed by atoms with Gasteiger partial charge in [0.1, 0.15) is 18.3 Å². The lowest BCUT2D eigenvalue weighted by molar-refractivity contribution is -0.272. The van der Waals surface area contributed by atoms with Crippen LogP contribution >= 0.6 is 0 Å². The molecule has 3 aromatic heterocycles. The molecule has 0 radical (unpaired) electrons. The first-order chi connectivity index (χ1) is 44.7. The van der Waals surface area contributed by atoms with Gasteiger partial charge in [0.2, 0.25) is 0 Å². The molecule has 0 amide bonds. The zero-order valence-electron chi connectivity index (χ0n) is 59.3. The summed E-state index contributed by atoms with van der Waals surface area (Å²) in [5, 5.41) is 34.6. The fourth-order valence-corrected chi connectivity index (χ4v) is 12.5. The van der Waals surface area contributed by atoms with Gasteiger partial charge in [-0.05, 0) is 151 Å². The first-order valence-electron chi connectivity index (χ1n) is 33.9. The zero-order chi connectivity index (χ0) is 67.5. The molecule has 6 atom stereocenters. The lowest BCUT2D eigenvalue weighted by Crippen LogP contribution is -2.46. The van der Waals surface area contributed by atoms with Crippen molar-refractivity contribution >= 4 is 0 Å². The minimum absolute atomic E-state index is 0.0873. The third-order valence-electron chi connectivity index (χ3n) is 17.2. The molecule has 6 unspecified atom stereocenters. The maximum absolute atomic E-state index is 6.89. The number of hydrogen-bond acceptors (Lipinski definition) is 13. The first-order valence-corrected chi connectivity index (χ1v) is 33.9. The van der Waals surface area contributed by atoms with Crippen LogP contribution in [0.3, 0.4) is 0 Å². The van der Waals surface area contributed by atoms with Crippen LogP contribution < -0.4 is 0 Å². The molecule has 0 spiro atoms. The Balaban J connectivity index is 0.879. The van der Waals surface area contributed by atoms with Crippen molar-refractivity contribution in [2.24, 2.45) is 17.8 Å². The molecule has 0 saturated carbocycles. The topological polar surface area (TPSA) is 133 Å². The summed E-state index contributed by atoms with van der Waals surface area (Å²) >= 11 is 0. The van der Waals surface area contributed by atoms with E-state index < -0.39 is 0 Å². The van der Waals surface area contributed by atoms with Gasteiger partial charge in [-0.25, -0.2) is 14.0 Å². The standard InChI is InChI=1S/C78H105N13O3/c1-55(2)73(67-28-22-19-23-29-67)89(76(10,11)12)92-58(7)64-40-34-61(35-41-64)46-86-52-70(79-82-86)49-85(50-71-53-87(83-80-71)47-62-36-42-65(43-37-62)59(8)93-90(77(13,14)15)74(56(3)4)68-30-24-20-25-31-68)51-72-54-88(84-81-72)48-63-38-44-66(45-39-63)60(9)94-91(78(16,17)18)75(57(5)6)69-32-26-21-27-33-69/h19-45,52-60,73-75H,46-51H2,1-18H3. The molecule has 6 aromatic carbocycles. The molecular formula is C78H105N13O3. The highest BCUT2D eigenvalue weighted by Crippen LogP contribution is 2.41. The third-order valence-corrected chi connectivity index (χ3v) is 17.2. The van der Waals surface area contributed by atoms with Gasteiger partial charge < -0.3 is 0 Å². The second-order valence-electron chi connectivity index (χ2n) is 29.6. The van der Waals surface area contributed by atoms with Gasteiger partial charge in [-0.3, -0.25) is 19.4 Å². The molecule has 9 aromatic rings. The van der Waals surface area contributed by atoms with Gasteiger partial charge in [-0.15, -0.1) is 15.3 Å². The summed E-state index contributed by atoms with van der Waals surface area (Å²) in [4.78, 5) is 22.9. The summed E-state index contributed by atoms with van der Waals surface area (Å²) in [7, 11) is 0. The summed E-state index contributed by atoms with van der Waals surface area (Å²) in [6.45, 7) is 43.1. The van der Waals surface area contributed by atoms with Crippen LogP contribution in [0, 0.1) is 17.8 Å². The highest BCUT2D eigenvalue weighted by Gasteiger charge is 2.38. The van der Waals surface area contributed by atoms with Gasteiger partial charge >= 0.3 is 0 Å². The van der Waals surface area contributed by atoms with Crippen LogP contribution in [0.5, 0.6) is 0 Å². The van der Waals surface area contributed by atoms with Crippen molar-refractivity contribution < 1.29 is 14.5 Å². The molecule has 500 valence electrons. The highest BCUT2D eigenvalue weighted by atomic mass is 16.7. The second-order valence-corrected chi connectivity index (χ2v) is 29.6. The highest BCUT2D eigenvalue weighted by molar-refractivity contribution is 5.28. The molecular weight excluding hydrogens is 1170 g/mol. The molecule has 0 fully saturated rings. The Morgan fingerprint density at radius 2 is 0.553 bits per heavy atom. The molecule has 16 heteroatoms. The van der Waals surface area contributed by atoms with Crippen LogP contribution in [-0.2, 0) is 53.8 Å². The average molecular weight is 1270 g/mol. The smallest absolute Gasteiger partial charge is 0.102 e. The van der Waals surface area contributed by atoms with E-state index in [-0.39, 0.29) is 53.1 Å². The fraction of sp³-hybridized carbons (Fsp3) is 0.462. The van der Waals surface area contributed by atoms with E-state index in [1.807, 2.05) is 32.6 Å². The Kier molecular flexibility index (Phi) is 23.6. The second kappa shape index (κ2) is 31.3. The average Bonchev–Trinajstić information content (AvgIpc) is 1.14. The van der Waals surface area contributed by atoms with Crippen LogP contribution in [-0.4, -0.2) is 81.7 Å². The fourth-order valence-electron chi connectivity index (χ4n) is 12.5. The Morgan fingerprint density at radius 3 is 0.766 bits per heavy atom. The minimum atomic E-state index is -0.237. The third kappa shape index (κ3) is 19.1. The van der Waals surface area contributed by atoms with E-state index in [1.54, 1.807) is 0 Å². The minimum Gasteiger partial charge on any atom is -0.290 e. The largest absolute Gasteiger partial charge is 0.290 e. The first kappa shape index (κ1) is 70.8. The van der Waals surface area contributed by atoms with E-state index in [9.17, 15) is 0 Å². The monoisotopic (exact) mass is 1270 g/mol. The van der Waals surface area contributed by atoms with Gasteiger partial charge in [0.15, 0.2) is 0 Å². The molecule has 0 aliphatic carbocycles. The SMILES string of the molecule is CC(ON(C(c1ccccc1)C(C)C)C(C)(C)C)c1ccc(Cn2cc(CN(Cc3cn(Cc4ccc(C(C)ON(C(c5ccccc5)C(C)C)C(C)(C)C)cc4)nn3)Cc3cn(Cc4ccc(C(C)ON(C(c5ccccc5)C(C)C)C(C)(C)C)cc4)nn3)nn2)cc1. The molecule has 94 heavy (non-hydrogen) atoms. The molecule has 0 saturated heterocycles. The van der Waals surface area contributed by atoms with Gasteiger partial charge in [-0.2, -0.15) is 15.2 Å². The van der Waals surface area contributed by atoms with E-state index in [0.29, 0.717) is 57.0 Å². The van der Waals surface area contributed by atoms with E-state index in [1.165, 1.54) is 16.7 Å². The Hall–Kier alpha value is -7.54. The summed E-state index contributed by atoms with van der Waals surface area (Å²) < 4.78 is 5.71. The summed E-state index contributed by atoms with van der Waals surface area (Å²) in [5.41, 5.74) is 12.1. The van der Waals surface area contributed by atoms with Crippen molar-refractivity contribution in [3.63, 3.8) is 0 Å². The van der Waals surface area contributed by atoms with E-state index in [0.717, 1.165) is 50.5 Å². The lowest BCUT2D eigenvalue weighted by atomic mass is 9.92. The van der Waals surface area contributed by atoms with Crippen LogP contribution in [0.25, 0.3) is 0 Å². The van der Waals surface area contributed by atoms with Crippen molar-refractivity contribution in [3.05, 3.63) is 250 Å². The maximum atomic E-state index is 6.89. The summed E-state index contributed by atoms with van der Waals surface area (Å²) in [6.07, 6.45) is 5.58. The number of benzene rings is 6. The van der Waals surface area contributed by atoms with Crippen molar-refractivity contribution in [3.8, 4) is 0 Å². The predicted molar refractivity (Wildman–Crippen MR) is 375 cm³/mol. The van der Waals surface area contributed by atoms with E-state index in [4.69, 9.17) is 29.8 Å². The van der Waals surface area contributed by atoms with Gasteiger partial charge in [0.25, 0.3) is 0 Å². The molecule has 0 aliphatic heterocycles. The Labute approximate surface area is 561 Å². The van der Waals surface area contributed by atoms with Crippen molar-refractivity contribution in [2.75, 3.05) is 0 Å². The zero-order valence-corrected chi connectivity index (χ0v) is 59.3. The number of aromatic nitrogens is 9. The molecule has 3 heterocycles. The van der Waals surface area contributed by atoms with E-state index >= 15 is 0 Å². The molecule has 0 bridgehead atoms. The molecule has 0 N–H and O–H groups in total. The maximum Gasteiger partial charge on any atom is 0.102 e. The van der Waals surface area contributed by atoms with Crippen LogP contribution in [0.1, 0.15) is 228 Å². The predicted octanol–water partition coefficient (Wildman–Crippen LogP) is 17.3. The quantitative estimate of drug-likeness (QED) is 0.0396. The van der Waals surface area contributed by atoms with Crippen molar-refractivity contribution in [2.45, 2.75) is 217 Å². The van der Waals surface area contributed by atoms with E-state index in [2.05, 4.69) is 324 Å². The molecule has 16 nitrogen and oxygen atoms in total. The van der Waals surface area contributed by atoms with Gasteiger partial charge in [-0.1, -0.05) is 221 Å². The molecule has 9 rings (SSSR count). The van der Waals surface area contributed by atoms with Crippen LogP contribution in [0.4, 0.5) is 0 Å². The number of rotatable bonds is 30. The summed E-state index contributed by atoms with van der Waals surface area (Å²) in [6, 6.07) is 58.2. The number of hydrogen-bond donors (Lipinski definition) is 0.